The first-order valence-corrected chi connectivity index (χ1v) is 9.35. The number of nitrogens with zero attached hydrogens (tertiary/aromatic N) is 4. The van der Waals surface area contributed by atoms with E-state index in [1.54, 1.807) is 12.4 Å². The van der Waals surface area contributed by atoms with Crippen LogP contribution in [0.1, 0.15) is 52.9 Å². The lowest BCUT2D eigenvalue weighted by molar-refractivity contribution is -0.146. The van der Waals surface area contributed by atoms with E-state index in [0.717, 1.165) is 57.7 Å². The van der Waals surface area contributed by atoms with Crippen LogP contribution >= 0.6 is 0 Å². The largest absolute Gasteiger partial charge is 0.341 e. The zero-order valence-corrected chi connectivity index (χ0v) is 15.2. The predicted molar refractivity (Wildman–Crippen MR) is 95.8 cm³/mol. The van der Waals surface area contributed by atoms with E-state index in [0.29, 0.717) is 17.9 Å². The maximum atomic E-state index is 13.2. The van der Waals surface area contributed by atoms with E-state index in [9.17, 15) is 4.79 Å². The summed E-state index contributed by atoms with van der Waals surface area (Å²) < 4.78 is 0. The van der Waals surface area contributed by atoms with Crippen molar-refractivity contribution in [1.29, 1.82) is 0 Å². The molecule has 0 N–H and O–H groups in total. The molecule has 5 nitrogen and oxygen atoms in total. The van der Waals surface area contributed by atoms with Gasteiger partial charge in [-0.3, -0.25) is 4.79 Å². The predicted octanol–water partition coefficient (Wildman–Crippen LogP) is 3.12. The maximum Gasteiger partial charge on any atom is 0.229 e. The van der Waals surface area contributed by atoms with Crippen molar-refractivity contribution in [3.63, 3.8) is 0 Å². The smallest absolute Gasteiger partial charge is 0.229 e. The highest BCUT2D eigenvalue weighted by Crippen LogP contribution is 2.43. The van der Waals surface area contributed by atoms with Gasteiger partial charge in [0, 0.05) is 43.5 Å². The zero-order valence-electron chi connectivity index (χ0n) is 15.2. The Balaban J connectivity index is 1.71. The van der Waals surface area contributed by atoms with Gasteiger partial charge in [-0.25, -0.2) is 9.97 Å². The van der Waals surface area contributed by atoms with Crippen LogP contribution in [0, 0.1) is 11.3 Å². The number of rotatable bonds is 3. The highest BCUT2D eigenvalue weighted by Gasteiger charge is 2.45. The van der Waals surface area contributed by atoms with Crippen molar-refractivity contribution in [2.24, 2.45) is 11.3 Å². The summed E-state index contributed by atoms with van der Waals surface area (Å²) in [6.07, 6.45) is 9.01. The van der Waals surface area contributed by atoms with Gasteiger partial charge in [0.2, 0.25) is 11.9 Å². The molecule has 5 heteroatoms. The molecule has 0 radical (unpaired) electrons. The van der Waals surface area contributed by atoms with E-state index in [4.69, 9.17) is 0 Å². The Bertz CT molecular complexity index is 554. The Morgan fingerprint density at radius 1 is 1.12 bits per heavy atom. The second kappa shape index (κ2) is 7.08. The number of piperidine rings is 1. The molecule has 2 aliphatic heterocycles. The van der Waals surface area contributed by atoms with Gasteiger partial charge in [-0.1, -0.05) is 13.3 Å². The van der Waals surface area contributed by atoms with E-state index < -0.39 is 0 Å². The van der Waals surface area contributed by atoms with Gasteiger partial charge < -0.3 is 9.80 Å². The molecule has 2 saturated heterocycles. The van der Waals surface area contributed by atoms with Crippen LogP contribution in [0.15, 0.2) is 18.5 Å². The second-order valence-corrected chi connectivity index (χ2v) is 7.78. The first-order chi connectivity index (χ1) is 11.5. The molecular formula is C19H30N4O. The fourth-order valence-corrected chi connectivity index (χ4v) is 4.35. The Kier molecular flexibility index (Phi) is 5.07. The third-order valence-corrected chi connectivity index (χ3v) is 5.95. The molecule has 24 heavy (non-hydrogen) atoms. The Hall–Kier alpha value is -1.65. The van der Waals surface area contributed by atoms with Gasteiger partial charge in [-0.15, -0.1) is 0 Å². The SMILES string of the molecule is CC(C)N1CCCC[C@@](C)(C2CCN(c3ncccn3)CC2)C1=O. The molecule has 3 heterocycles. The highest BCUT2D eigenvalue weighted by atomic mass is 16.2. The minimum atomic E-state index is -0.204. The van der Waals surface area contributed by atoms with Crippen molar-refractivity contribution in [2.45, 2.75) is 58.9 Å². The summed E-state index contributed by atoms with van der Waals surface area (Å²) in [5.41, 5.74) is -0.204. The van der Waals surface area contributed by atoms with E-state index >= 15 is 0 Å². The van der Waals surface area contributed by atoms with E-state index in [2.05, 4.69) is 40.5 Å². The molecule has 1 aromatic heterocycles. The molecule has 0 aromatic carbocycles. The van der Waals surface area contributed by atoms with Crippen molar-refractivity contribution < 1.29 is 4.79 Å². The molecule has 0 unspecified atom stereocenters. The molecule has 0 aliphatic carbocycles. The third kappa shape index (κ3) is 3.26. The molecular weight excluding hydrogens is 300 g/mol. The van der Waals surface area contributed by atoms with Crippen molar-refractivity contribution >= 4 is 11.9 Å². The number of likely N-dealkylation sites (tertiary alicyclic amines) is 1. The van der Waals surface area contributed by atoms with Crippen molar-refractivity contribution in [3.8, 4) is 0 Å². The number of hydrogen-bond acceptors (Lipinski definition) is 4. The van der Waals surface area contributed by atoms with Crippen LogP contribution < -0.4 is 4.90 Å². The quantitative estimate of drug-likeness (QED) is 0.854. The van der Waals surface area contributed by atoms with Crippen LogP contribution in [-0.4, -0.2) is 46.5 Å². The normalized spacial score (nSPS) is 26.8. The van der Waals surface area contributed by atoms with E-state index in [-0.39, 0.29) is 5.41 Å². The summed E-state index contributed by atoms with van der Waals surface area (Å²) in [4.78, 5) is 26.3. The van der Waals surface area contributed by atoms with Gasteiger partial charge in [0.1, 0.15) is 0 Å². The number of carbonyl (C=O) groups is 1. The molecule has 2 fully saturated rings. The van der Waals surface area contributed by atoms with Crippen LogP contribution in [0.25, 0.3) is 0 Å². The van der Waals surface area contributed by atoms with Gasteiger partial charge in [0.25, 0.3) is 0 Å². The Morgan fingerprint density at radius 2 is 1.79 bits per heavy atom. The third-order valence-electron chi connectivity index (χ3n) is 5.95. The number of amides is 1. The molecule has 0 saturated carbocycles. The summed E-state index contributed by atoms with van der Waals surface area (Å²) in [5, 5.41) is 0. The molecule has 132 valence electrons. The minimum Gasteiger partial charge on any atom is -0.341 e. The van der Waals surface area contributed by atoms with E-state index in [1.807, 2.05) is 6.07 Å². The number of hydrogen-bond donors (Lipinski definition) is 0. The first-order valence-electron chi connectivity index (χ1n) is 9.35. The topological polar surface area (TPSA) is 49.3 Å². The van der Waals surface area contributed by atoms with Crippen LogP contribution in [0.4, 0.5) is 5.95 Å². The van der Waals surface area contributed by atoms with Gasteiger partial charge in [0.15, 0.2) is 0 Å². The summed E-state index contributed by atoms with van der Waals surface area (Å²) in [6.45, 7) is 9.30. The van der Waals surface area contributed by atoms with Crippen molar-refractivity contribution in [3.05, 3.63) is 18.5 Å². The van der Waals surface area contributed by atoms with Crippen LogP contribution in [0.3, 0.4) is 0 Å². The van der Waals surface area contributed by atoms with Gasteiger partial charge >= 0.3 is 0 Å². The van der Waals surface area contributed by atoms with Gasteiger partial charge in [-0.2, -0.15) is 0 Å². The van der Waals surface area contributed by atoms with Crippen LogP contribution in [-0.2, 0) is 4.79 Å². The highest BCUT2D eigenvalue weighted by molar-refractivity contribution is 5.83. The molecule has 1 aromatic rings. The summed E-state index contributed by atoms with van der Waals surface area (Å²) >= 11 is 0. The second-order valence-electron chi connectivity index (χ2n) is 7.78. The minimum absolute atomic E-state index is 0.204. The summed E-state index contributed by atoms with van der Waals surface area (Å²) in [7, 11) is 0. The first kappa shape index (κ1) is 17.2. The number of aromatic nitrogens is 2. The molecule has 0 bridgehead atoms. The summed E-state index contributed by atoms with van der Waals surface area (Å²) in [6, 6.07) is 2.15. The molecule has 3 rings (SSSR count). The lowest BCUT2D eigenvalue weighted by Gasteiger charge is -2.43. The lowest BCUT2D eigenvalue weighted by Crippen LogP contribution is -2.50. The molecule has 1 amide bonds. The fourth-order valence-electron chi connectivity index (χ4n) is 4.35. The average molecular weight is 330 g/mol. The average Bonchev–Trinajstić information content (AvgIpc) is 2.76. The summed E-state index contributed by atoms with van der Waals surface area (Å²) in [5.74, 6) is 1.66. The fraction of sp³-hybridized carbons (Fsp3) is 0.737. The van der Waals surface area contributed by atoms with Crippen molar-refractivity contribution in [2.75, 3.05) is 24.5 Å². The molecule has 1 atom stereocenters. The maximum absolute atomic E-state index is 13.2. The Labute approximate surface area is 145 Å². The molecule has 0 spiro atoms. The van der Waals surface area contributed by atoms with Gasteiger partial charge in [-0.05, 0) is 51.5 Å². The van der Waals surface area contributed by atoms with Gasteiger partial charge in [0.05, 0.1) is 0 Å². The van der Waals surface area contributed by atoms with E-state index in [1.165, 1.54) is 0 Å². The van der Waals surface area contributed by atoms with Crippen molar-refractivity contribution in [1.82, 2.24) is 14.9 Å². The van der Waals surface area contributed by atoms with Crippen LogP contribution in [0.5, 0.6) is 0 Å². The standard InChI is InChI=1S/C19H30N4O/c1-15(2)23-12-5-4-9-19(3,17(23)24)16-7-13-22(14-8-16)18-20-10-6-11-21-18/h6,10-11,15-16H,4-5,7-9,12-14H2,1-3H3/t19-/m0/s1. The monoisotopic (exact) mass is 330 g/mol. The Morgan fingerprint density at radius 3 is 2.42 bits per heavy atom. The lowest BCUT2D eigenvalue weighted by atomic mass is 9.69. The number of anilines is 1. The molecule has 2 aliphatic rings. The number of carbonyl (C=O) groups excluding carboxylic acids is 1. The zero-order chi connectivity index (χ0) is 17.2. The van der Waals surface area contributed by atoms with Crippen LogP contribution in [0.2, 0.25) is 0 Å².